The maximum atomic E-state index is 12.7. The zero-order valence-corrected chi connectivity index (χ0v) is 9.26. The molecule has 1 aromatic heterocycles. The molecule has 0 fully saturated rings. The van der Waals surface area contributed by atoms with Gasteiger partial charge in [0.1, 0.15) is 0 Å². The van der Waals surface area contributed by atoms with E-state index in [0.717, 1.165) is 0 Å². The van der Waals surface area contributed by atoms with E-state index in [1.54, 1.807) is 0 Å². The van der Waals surface area contributed by atoms with Crippen molar-refractivity contribution >= 4 is 15.9 Å². The Morgan fingerprint density at radius 1 is 1.60 bits per heavy atom. The van der Waals surface area contributed by atoms with Gasteiger partial charge in [-0.15, -0.1) is 0 Å². The van der Waals surface area contributed by atoms with Gasteiger partial charge in [0, 0.05) is 22.8 Å². The summed E-state index contributed by atoms with van der Waals surface area (Å²) in [7, 11) is 0. The molecule has 0 spiro atoms. The number of halogens is 3. The lowest BCUT2D eigenvalue weighted by Crippen LogP contribution is -2.06. The predicted molar refractivity (Wildman–Crippen MR) is 54.1 cm³/mol. The van der Waals surface area contributed by atoms with Crippen LogP contribution < -0.4 is 5.73 Å². The Labute approximate surface area is 94.0 Å². The molecule has 0 unspecified atom stereocenters. The van der Waals surface area contributed by atoms with E-state index >= 15 is 0 Å². The lowest BCUT2D eigenvalue weighted by Gasteiger charge is -2.11. The highest BCUT2D eigenvalue weighted by Crippen LogP contribution is 2.32. The van der Waals surface area contributed by atoms with E-state index in [2.05, 4.69) is 20.9 Å². The van der Waals surface area contributed by atoms with Crippen LogP contribution in [0.1, 0.15) is 23.2 Å². The Morgan fingerprint density at radius 3 is 2.73 bits per heavy atom. The molecule has 2 N–H and O–H groups in total. The van der Waals surface area contributed by atoms with Gasteiger partial charge in [-0.3, -0.25) is 4.98 Å². The van der Waals surface area contributed by atoms with Gasteiger partial charge in [-0.1, -0.05) is 0 Å². The minimum absolute atomic E-state index is 0.00188. The molecule has 1 rings (SSSR count). The third kappa shape index (κ3) is 2.49. The molecule has 0 radical (unpaired) electrons. The number of hydrogen-bond donors (Lipinski definition) is 1. The SMILES string of the molecule is N#CCc1ncc(CN)c(C(F)F)c1Br. The average molecular weight is 276 g/mol. The van der Waals surface area contributed by atoms with Crippen LogP contribution in [0.5, 0.6) is 0 Å². The number of alkyl halides is 2. The summed E-state index contributed by atoms with van der Waals surface area (Å²) in [5.41, 5.74) is 5.75. The monoisotopic (exact) mass is 275 g/mol. The Kier molecular flexibility index (Phi) is 4.12. The van der Waals surface area contributed by atoms with Crippen molar-refractivity contribution in [3.63, 3.8) is 0 Å². The molecule has 0 atom stereocenters. The van der Waals surface area contributed by atoms with Crippen LogP contribution in [0.3, 0.4) is 0 Å². The first kappa shape index (κ1) is 12.0. The fourth-order valence-electron chi connectivity index (χ4n) is 1.18. The maximum Gasteiger partial charge on any atom is 0.265 e. The van der Waals surface area contributed by atoms with Crippen LogP contribution in [0.15, 0.2) is 10.7 Å². The molecule has 80 valence electrons. The fourth-order valence-corrected chi connectivity index (χ4v) is 1.85. The normalized spacial score (nSPS) is 10.4. The summed E-state index contributed by atoms with van der Waals surface area (Å²) < 4.78 is 25.6. The molecule has 0 aliphatic heterocycles. The molecule has 0 aliphatic carbocycles. The van der Waals surface area contributed by atoms with E-state index in [9.17, 15) is 8.78 Å². The number of hydrogen-bond acceptors (Lipinski definition) is 3. The zero-order valence-electron chi connectivity index (χ0n) is 7.67. The predicted octanol–water partition coefficient (Wildman–Crippen LogP) is 2.31. The fraction of sp³-hybridized carbons (Fsp3) is 0.333. The first-order valence-electron chi connectivity index (χ1n) is 4.13. The van der Waals surface area contributed by atoms with Crippen molar-refractivity contribution in [2.75, 3.05) is 0 Å². The minimum Gasteiger partial charge on any atom is -0.326 e. The quantitative estimate of drug-likeness (QED) is 0.921. The van der Waals surface area contributed by atoms with Crippen LogP contribution in [0, 0.1) is 11.3 Å². The highest BCUT2D eigenvalue weighted by Gasteiger charge is 2.19. The van der Waals surface area contributed by atoms with Crippen LogP contribution in [-0.4, -0.2) is 4.98 Å². The van der Waals surface area contributed by atoms with Gasteiger partial charge >= 0.3 is 0 Å². The Balaban J connectivity index is 3.30. The van der Waals surface area contributed by atoms with Gasteiger partial charge in [-0.05, 0) is 21.5 Å². The van der Waals surface area contributed by atoms with Crippen molar-refractivity contribution in [3.8, 4) is 6.07 Å². The van der Waals surface area contributed by atoms with E-state index in [0.29, 0.717) is 11.3 Å². The Morgan fingerprint density at radius 2 is 2.27 bits per heavy atom. The van der Waals surface area contributed by atoms with Gasteiger partial charge < -0.3 is 5.73 Å². The summed E-state index contributed by atoms with van der Waals surface area (Å²) in [5, 5.41) is 8.48. The van der Waals surface area contributed by atoms with Crippen molar-refractivity contribution in [1.29, 1.82) is 5.26 Å². The molecule has 0 saturated carbocycles. The van der Waals surface area contributed by atoms with Crippen molar-refractivity contribution in [3.05, 3.63) is 27.5 Å². The second-order valence-electron chi connectivity index (χ2n) is 2.80. The molecular formula is C9H8BrF2N3. The van der Waals surface area contributed by atoms with Gasteiger partial charge in [-0.25, -0.2) is 8.78 Å². The number of rotatable bonds is 3. The molecule has 6 heteroatoms. The van der Waals surface area contributed by atoms with Gasteiger partial charge in [0.15, 0.2) is 0 Å². The van der Waals surface area contributed by atoms with E-state index in [4.69, 9.17) is 11.0 Å². The highest BCUT2D eigenvalue weighted by molar-refractivity contribution is 9.10. The third-order valence-corrected chi connectivity index (χ3v) is 2.78. The Bertz CT molecular complexity index is 401. The van der Waals surface area contributed by atoms with Crippen LogP contribution >= 0.6 is 15.9 Å². The molecule has 1 aromatic rings. The summed E-state index contributed by atoms with van der Waals surface area (Å²) in [6, 6.07) is 1.86. The number of nitriles is 1. The lowest BCUT2D eigenvalue weighted by molar-refractivity contribution is 0.149. The number of aromatic nitrogens is 1. The lowest BCUT2D eigenvalue weighted by atomic mass is 10.1. The highest BCUT2D eigenvalue weighted by atomic mass is 79.9. The maximum absolute atomic E-state index is 12.7. The first-order valence-corrected chi connectivity index (χ1v) is 4.92. The van der Waals surface area contributed by atoms with Crippen molar-refractivity contribution in [2.45, 2.75) is 19.4 Å². The molecule has 0 amide bonds. The van der Waals surface area contributed by atoms with Crippen LogP contribution in [0.2, 0.25) is 0 Å². The number of nitrogens with two attached hydrogens (primary N) is 1. The second-order valence-corrected chi connectivity index (χ2v) is 3.59. The largest absolute Gasteiger partial charge is 0.326 e. The number of pyridine rings is 1. The van der Waals surface area contributed by atoms with Crippen LogP contribution in [-0.2, 0) is 13.0 Å². The van der Waals surface area contributed by atoms with Crippen molar-refractivity contribution in [2.24, 2.45) is 5.73 Å². The second kappa shape index (κ2) is 5.14. The van der Waals surface area contributed by atoms with Gasteiger partial charge in [0.05, 0.1) is 18.2 Å². The van der Waals surface area contributed by atoms with E-state index in [-0.39, 0.29) is 23.0 Å². The summed E-state index contributed by atoms with van der Waals surface area (Å²) in [6.45, 7) is -0.00188. The van der Waals surface area contributed by atoms with E-state index in [1.165, 1.54) is 6.20 Å². The zero-order chi connectivity index (χ0) is 11.4. The molecule has 0 bridgehead atoms. The standard InChI is InChI=1S/C9H8BrF2N3/c10-8-6(1-2-13)15-4-5(3-14)7(8)9(11)12/h4,9H,1,3,14H2. The van der Waals surface area contributed by atoms with E-state index < -0.39 is 6.43 Å². The van der Waals surface area contributed by atoms with Gasteiger partial charge in [0.25, 0.3) is 6.43 Å². The number of nitrogens with zero attached hydrogens (tertiary/aromatic N) is 2. The summed E-state index contributed by atoms with van der Waals surface area (Å²) in [5.74, 6) is 0. The first-order chi connectivity index (χ1) is 7.11. The average Bonchev–Trinajstić information content (AvgIpc) is 2.20. The molecule has 0 aromatic carbocycles. The third-order valence-electron chi connectivity index (χ3n) is 1.90. The van der Waals surface area contributed by atoms with Crippen LogP contribution in [0.4, 0.5) is 8.78 Å². The summed E-state index contributed by atoms with van der Waals surface area (Å²) in [4.78, 5) is 3.90. The van der Waals surface area contributed by atoms with Crippen molar-refractivity contribution < 1.29 is 8.78 Å². The summed E-state index contributed by atoms with van der Waals surface area (Å²) in [6.07, 6.45) is -1.34. The smallest absolute Gasteiger partial charge is 0.265 e. The molecule has 1 heterocycles. The molecule has 3 nitrogen and oxygen atoms in total. The van der Waals surface area contributed by atoms with Crippen molar-refractivity contribution in [1.82, 2.24) is 4.98 Å². The summed E-state index contributed by atoms with van der Waals surface area (Å²) >= 11 is 3.03. The Hall–Kier alpha value is -1.06. The minimum atomic E-state index is -2.63. The molecule has 15 heavy (non-hydrogen) atoms. The van der Waals surface area contributed by atoms with Gasteiger partial charge in [0.2, 0.25) is 0 Å². The molecular weight excluding hydrogens is 268 g/mol. The van der Waals surface area contributed by atoms with Crippen LogP contribution in [0.25, 0.3) is 0 Å². The molecule has 0 saturated heterocycles. The van der Waals surface area contributed by atoms with E-state index in [1.807, 2.05) is 6.07 Å². The topological polar surface area (TPSA) is 62.7 Å². The van der Waals surface area contributed by atoms with Gasteiger partial charge in [-0.2, -0.15) is 5.26 Å². The molecule has 0 aliphatic rings.